The number of rotatable bonds is 8. The highest BCUT2D eigenvalue weighted by atomic mass is 16.5. The van der Waals surface area contributed by atoms with E-state index in [1.54, 1.807) is 0 Å². The molecule has 0 spiro atoms. The largest absolute Gasteiger partial charge is 0.370 e. The SMILES string of the molecule is NC(=O)CCN(Cc1ccccc1)Cc1nc(-c2ccccc2)no1. The van der Waals surface area contributed by atoms with Gasteiger partial charge in [0.15, 0.2) is 0 Å². The first-order valence-corrected chi connectivity index (χ1v) is 8.13. The van der Waals surface area contributed by atoms with Gasteiger partial charge in [-0.1, -0.05) is 65.8 Å². The summed E-state index contributed by atoms with van der Waals surface area (Å²) in [6.45, 7) is 1.67. The van der Waals surface area contributed by atoms with Crippen molar-refractivity contribution in [2.75, 3.05) is 6.54 Å². The first-order valence-electron chi connectivity index (χ1n) is 8.13. The molecule has 2 N–H and O–H groups in total. The third-order valence-electron chi connectivity index (χ3n) is 3.78. The van der Waals surface area contributed by atoms with Crippen molar-refractivity contribution in [3.8, 4) is 11.4 Å². The van der Waals surface area contributed by atoms with Crippen molar-refractivity contribution in [2.24, 2.45) is 5.73 Å². The van der Waals surface area contributed by atoms with Gasteiger partial charge in [0.25, 0.3) is 0 Å². The monoisotopic (exact) mass is 336 g/mol. The van der Waals surface area contributed by atoms with Crippen LogP contribution in [0.4, 0.5) is 0 Å². The maximum absolute atomic E-state index is 11.1. The minimum absolute atomic E-state index is 0.284. The molecule has 0 saturated heterocycles. The molecule has 1 heterocycles. The Morgan fingerprint density at radius 1 is 1.00 bits per heavy atom. The Kier molecular flexibility index (Phi) is 5.53. The Bertz CT molecular complexity index is 803. The van der Waals surface area contributed by atoms with Crippen LogP contribution in [-0.4, -0.2) is 27.5 Å². The summed E-state index contributed by atoms with van der Waals surface area (Å²) in [5, 5.41) is 4.04. The van der Waals surface area contributed by atoms with Crippen LogP contribution in [0.3, 0.4) is 0 Å². The van der Waals surface area contributed by atoms with Gasteiger partial charge >= 0.3 is 0 Å². The van der Waals surface area contributed by atoms with E-state index in [-0.39, 0.29) is 12.3 Å². The van der Waals surface area contributed by atoms with E-state index >= 15 is 0 Å². The molecule has 1 aromatic heterocycles. The van der Waals surface area contributed by atoms with Crippen LogP contribution in [0, 0.1) is 0 Å². The Morgan fingerprint density at radius 2 is 1.68 bits per heavy atom. The standard InChI is InChI=1S/C19H20N4O2/c20-17(24)11-12-23(13-15-7-3-1-4-8-15)14-18-21-19(22-25-18)16-9-5-2-6-10-16/h1-10H,11-14H2,(H2,20,24). The number of hydrogen-bond donors (Lipinski definition) is 1. The molecule has 0 bridgehead atoms. The molecule has 0 atom stereocenters. The number of nitrogens with zero attached hydrogens (tertiary/aromatic N) is 3. The van der Waals surface area contributed by atoms with Gasteiger partial charge in [0.1, 0.15) is 0 Å². The molecule has 0 aliphatic rings. The van der Waals surface area contributed by atoms with Crippen molar-refractivity contribution >= 4 is 5.91 Å². The van der Waals surface area contributed by atoms with Crippen molar-refractivity contribution in [1.82, 2.24) is 15.0 Å². The molecule has 0 aliphatic carbocycles. The van der Waals surface area contributed by atoms with Crippen LogP contribution < -0.4 is 5.73 Å². The zero-order valence-corrected chi connectivity index (χ0v) is 13.8. The maximum Gasteiger partial charge on any atom is 0.241 e. The van der Waals surface area contributed by atoms with Crippen molar-refractivity contribution in [3.05, 3.63) is 72.1 Å². The Balaban J connectivity index is 1.71. The topological polar surface area (TPSA) is 85.3 Å². The molecule has 1 amide bonds. The van der Waals surface area contributed by atoms with Crippen molar-refractivity contribution in [1.29, 1.82) is 0 Å². The van der Waals surface area contributed by atoms with E-state index in [0.29, 0.717) is 31.3 Å². The summed E-state index contributed by atoms with van der Waals surface area (Å²) in [4.78, 5) is 17.7. The highest BCUT2D eigenvalue weighted by Crippen LogP contribution is 2.16. The van der Waals surface area contributed by atoms with Crippen LogP contribution in [0.5, 0.6) is 0 Å². The molecule has 2 aromatic carbocycles. The zero-order valence-electron chi connectivity index (χ0n) is 13.8. The Labute approximate surface area is 146 Å². The summed E-state index contributed by atoms with van der Waals surface area (Å²) in [6.07, 6.45) is 0.284. The second-order valence-corrected chi connectivity index (χ2v) is 5.79. The second-order valence-electron chi connectivity index (χ2n) is 5.79. The summed E-state index contributed by atoms with van der Waals surface area (Å²) >= 11 is 0. The maximum atomic E-state index is 11.1. The molecular weight excluding hydrogens is 316 g/mol. The van der Waals surface area contributed by atoms with Crippen LogP contribution in [0.2, 0.25) is 0 Å². The average Bonchev–Trinajstić information content (AvgIpc) is 3.10. The normalized spacial score (nSPS) is 10.9. The molecule has 25 heavy (non-hydrogen) atoms. The van der Waals surface area contributed by atoms with Crippen LogP contribution in [0.25, 0.3) is 11.4 Å². The van der Waals surface area contributed by atoms with Crippen LogP contribution in [0.15, 0.2) is 65.2 Å². The fourth-order valence-corrected chi connectivity index (χ4v) is 2.54. The number of primary amides is 1. The quantitative estimate of drug-likeness (QED) is 0.683. The van der Waals surface area contributed by atoms with E-state index in [2.05, 4.69) is 15.0 Å². The van der Waals surface area contributed by atoms with Gasteiger partial charge in [-0.2, -0.15) is 4.98 Å². The molecule has 128 valence electrons. The summed E-state index contributed by atoms with van der Waals surface area (Å²) < 4.78 is 5.38. The lowest BCUT2D eigenvalue weighted by atomic mass is 10.2. The molecule has 0 aliphatic heterocycles. The first-order chi connectivity index (χ1) is 12.2. The third kappa shape index (κ3) is 4.99. The van der Waals surface area contributed by atoms with Gasteiger partial charge in [-0.15, -0.1) is 0 Å². The lowest BCUT2D eigenvalue weighted by Crippen LogP contribution is -2.27. The van der Waals surface area contributed by atoms with Gasteiger partial charge < -0.3 is 10.3 Å². The van der Waals surface area contributed by atoms with E-state index in [9.17, 15) is 4.79 Å². The number of nitrogens with two attached hydrogens (primary N) is 1. The minimum atomic E-state index is -0.325. The molecule has 6 heteroatoms. The van der Waals surface area contributed by atoms with Crippen molar-refractivity contribution < 1.29 is 9.32 Å². The molecule has 3 rings (SSSR count). The molecule has 0 fully saturated rings. The molecule has 0 radical (unpaired) electrons. The van der Waals surface area contributed by atoms with Gasteiger partial charge in [0.05, 0.1) is 6.54 Å². The zero-order chi connectivity index (χ0) is 17.5. The van der Waals surface area contributed by atoms with Crippen molar-refractivity contribution in [3.63, 3.8) is 0 Å². The van der Waals surface area contributed by atoms with Gasteiger partial charge in [-0.25, -0.2) is 0 Å². The Morgan fingerprint density at radius 3 is 2.36 bits per heavy atom. The van der Waals surface area contributed by atoms with E-state index in [4.69, 9.17) is 10.3 Å². The van der Waals surface area contributed by atoms with Crippen molar-refractivity contribution in [2.45, 2.75) is 19.5 Å². The minimum Gasteiger partial charge on any atom is -0.370 e. The number of benzene rings is 2. The number of aromatic nitrogens is 2. The number of carbonyl (C=O) groups excluding carboxylic acids is 1. The summed E-state index contributed by atoms with van der Waals surface area (Å²) in [6, 6.07) is 19.7. The number of hydrogen-bond acceptors (Lipinski definition) is 5. The lowest BCUT2D eigenvalue weighted by molar-refractivity contribution is -0.118. The van der Waals surface area contributed by atoms with Crippen LogP contribution >= 0.6 is 0 Å². The first kappa shape index (κ1) is 16.9. The number of carbonyl (C=O) groups is 1. The lowest BCUT2D eigenvalue weighted by Gasteiger charge is -2.19. The molecule has 0 saturated carbocycles. The van der Waals surface area contributed by atoms with Crippen LogP contribution in [-0.2, 0) is 17.9 Å². The Hall–Kier alpha value is -2.99. The summed E-state index contributed by atoms with van der Waals surface area (Å²) in [7, 11) is 0. The second kappa shape index (κ2) is 8.21. The predicted octanol–water partition coefficient (Wildman–Crippen LogP) is 2.61. The smallest absolute Gasteiger partial charge is 0.241 e. The fourth-order valence-electron chi connectivity index (χ4n) is 2.54. The summed E-state index contributed by atoms with van der Waals surface area (Å²) in [5.41, 5.74) is 7.35. The van der Waals surface area contributed by atoms with Gasteiger partial charge in [-0.3, -0.25) is 9.69 Å². The van der Waals surface area contributed by atoms with E-state index in [1.807, 2.05) is 60.7 Å². The summed E-state index contributed by atoms with van der Waals surface area (Å²) in [5.74, 6) is 0.748. The third-order valence-corrected chi connectivity index (χ3v) is 3.78. The van der Waals surface area contributed by atoms with E-state index in [1.165, 1.54) is 0 Å². The highest BCUT2D eigenvalue weighted by molar-refractivity contribution is 5.73. The fraction of sp³-hybridized carbons (Fsp3) is 0.211. The van der Waals surface area contributed by atoms with Gasteiger partial charge in [0, 0.05) is 25.1 Å². The molecule has 0 unspecified atom stereocenters. The van der Waals surface area contributed by atoms with Gasteiger partial charge in [0.2, 0.25) is 17.6 Å². The van der Waals surface area contributed by atoms with E-state index in [0.717, 1.165) is 11.1 Å². The molecule has 3 aromatic rings. The molecular formula is C19H20N4O2. The number of amides is 1. The predicted molar refractivity (Wildman–Crippen MR) is 94.1 cm³/mol. The highest BCUT2D eigenvalue weighted by Gasteiger charge is 2.14. The van der Waals surface area contributed by atoms with E-state index < -0.39 is 0 Å². The van der Waals surface area contributed by atoms with Gasteiger partial charge in [-0.05, 0) is 5.56 Å². The van der Waals surface area contributed by atoms with Crippen LogP contribution in [0.1, 0.15) is 17.9 Å². The molecule has 6 nitrogen and oxygen atoms in total. The average molecular weight is 336 g/mol.